The van der Waals surface area contributed by atoms with Gasteiger partial charge in [-0.05, 0) is 36.1 Å². The molecular formula is C23H23F3N2O6. The van der Waals surface area contributed by atoms with E-state index in [0.29, 0.717) is 11.1 Å². The average molecular weight is 480 g/mol. The Hall–Kier alpha value is -3.60. The number of nitrogens with one attached hydrogen (secondary N) is 1. The molecule has 0 spiro atoms. The van der Waals surface area contributed by atoms with Crippen molar-refractivity contribution >= 4 is 17.8 Å². The summed E-state index contributed by atoms with van der Waals surface area (Å²) in [5.74, 6) is -2.86. The topological polar surface area (TPSA) is 116 Å². The lowest BCUT2D eigenvalue weighted by Crippen LogP contribution is -2.53. The molecule has 1 heterocycles. The Morgan fingerprint density at radius 2 is 1.74 bits per heavy atom. The van der Waals surface area contributed by atoms with Gasteiger partial charge in [0.1, 0.15) is 11.8 Å². The highest BCUT2D eigenvalue weighted by Gasteiger charge is 2.38. The van der Waals surface area contributed by atoms with Crippen LogP contribution in [0.3, 0.4) is 0 Å². The van der Waals surface area contributed by atoms with E-state index in [9.17, 15) is 37.8 Å². The van der Waals surface area contributed by atoms with Crippen molar-refractivity contribution in [1.29, 1.82) is 0 Å². The number of aliphatic hydroxyl groups is 1. The van der Waals surface area contributed by atoms with Crippen LogP contribution in [0.5, 0.6) is 5.75 Å². The number of carbonyl (C=O) groups is 3. The predicted molar refractivity (Wildman–Crippen MR) is 112 cm³/mol. The van der Waals surface area contributed by atoms with Gasteiger partial charge in [-0.25, -0.2) is 4.79 Å². The van der Waals surface area contributed by atoms with Crippen molar-refractivity contribution in [3.63, 3.8) is 0 Å². The molecule has 0 bridgehead atoms. The molecule has 8 nitrogen and oxygen atoms in total. The van der Waals surface area contributed by atoms with Gasteiger partial charge in [0.05, 0.1) is 6.04 Å². The Bertz CT molecular complexity index is 1010. The van der Waals surface area contributed by atoms with E-state index in [1.165, 1.54) is 17.0 Å². The first-order valence-corrected chi connectivity index (χ1v) is 10.4. The van der Waals surface area contributed by atoms with E-state index in [1.807, 2.05) is 0 Å². The molecule has 1 aliphatic rings. The molecule has 182 valence electrons. The van der Waals surface area contributed by atoms with E-state index in [-0.39, 0.29) is 31.7 Å². The minimum absolute atomic E-state index is 0.0337. The number of halogens is 3. The number of benzene rings is 2. The number of hydrogen-bond acceptors (Lipinski definition) is 5. The molecule has 0 saturated carbocycles. The summed E-state index contributed by atoms with van der Waals surface area (Å²) in [6, 6.07) is 11.6. The second-order valence-electron chi connectivity index (χ2n) is 7.86. The quantitative estimate of drug-likeness (QED) is 0.507. The average Bonchev–Trinajstić information content (AvgIpc) is 3.14. The van der Waals surface area contributed by atoms with E-state index in [2.05, 4.69) is 10.1 Å². The molecule has 1 fully saturated rings. The molecule has 3 N–H and O–H groups in total. The van der Waals surface area contributed by atoms with Crippen molar-refractivity contribution in [3.05, 3.63) is 65.7 Å². The molecular weight excluding hydrogens is 457 g/mol. The third kappa shape index (κ3) is 6.70. The Kier molecular flexibility index (Phi) is 7.77. The van der Waals surface area contributed by atoms with Crippen molar-refractivity contribution < 1.29 is 42.5 Å². The summed E-state index contributed by atoms with van der Waals surface area (Å²) < 4.78 is 40.8. The van der Waals surface area contributed by atoms with Crippen LogP contribution in [0.4, 0.5) is 13.2 Å². The van der Waals surface area contributed by atoms with Crippen LogP contribution in [0.15, 0.2) is 54.6 Å². The van der Waals surface area contributed by atoms with Crippen LogP contribution in [0.1, 0.15) is 24.0 Å². The highest BCUT2D eigenvalue weighted by molar-refractivity contribution is 5.91. The number of aliphatic hydroxyl groups excluding tert-OH is 1. The van der Waals surface area contributed by atoms with Crippen LogP contribution in [-0.4, -0.2) is 57.4 Å². The minimum atomic E-state index is -4.83. The molecule has 1 aliphatic heterocycles. The van der Waals surface area contributed by atoms with Gasteiger partial charge in [-0.3, -0.25) is 9.59 Å². The predicted octanol–water partition coefficient (Wildman–Crippen LogP) is 2.25. The van der Waals surface area contributed by atoms with E-state index >= 15 is 0 Å². The van der Waals surface area contributed by atoms with E-state index in [0.717, 1.165) is 12.1 Å². The van der Waals surface area contributed by atoms with Crippen LogP contribution >= 0.6 is 0 Å². The number of rotatable bonds is 9. The number of ether oxygens (including phenoxy) is 1. The van der Waals surface area contributed by atoms with E-state index in [4.69, 9.17) is 0 Å². The van der Waals surface area contributed by atoms with Gasteiger partial charge in [0.25, 0.3) is 0 Å². The number of aliphatic carboxylic acids is 1. The second-order valence-corrected chi connectivity index (χ2v) is 7.86. The Morgan fingerprint density at radius 3 is 2.32 bits per heavy atom. The smallest absolute Gasteiger partial charge is 0.479 e. The normalized spacial score (nSPS) is 17.8. The fourth-order valence-electron chi connectivity index (χ4n) is 3.76. The summed E-state index contributed by atoms with van der Waals surface area (Å²) in [6.07, 6.45) is -6.37. The molecule has 3 atom stereocenters. The van der Waals surface area contributed by atoms with Gasteiger partial charge < -0.3 is 25.2 Å². The molecule has 2 unspecified atom stereocenters. The zero-order valence-electron chi connectivity index (χ0n) is 17.9. The molecule has 0 radical (unpaired) electrons. The van der Waals surface area contributed by atoms with Gasteiger partial charge in [-0.1, -0.05) is 42.5 Å². The molecule has 0 aromatic heterocycles. The van der Waals surface area contributed by atoms with Crippen LogP contribution in [-0.2, 0) is 27.3 Å². The highest BCUT2D eigenvalue weighted by atomic mass is 19.4. The first-order chi connectivity index (χ1) is 16.0. The van der Waals surface area contributed by atoms with Gasteiger partial charge in [0.2, 0.25) is 11.8 Å². The summed E-state index contributed by atoms with van der Waals surface area (Å²) in [4.78, 5) is 38.0. The molecule has 11 heteroatoms. The standard InChI is InChI=1S/C23H23F3N2O6/c24-23(25,26)34-16-8-6-15(7-9-16)13-28-18(10-11-19(28)29)21(31)27-17(20(30)22(32)33)12-14-4-2-1-3-5-14/h1-9,17-18,20,30H,10-13H2,(H,27,31)(H,32,33)/t17?,18-,20?/m1/s1. The van der Waals surface area contributed by atoms with Crippen molar-refractivity contribution in [2.75, 3.05) is 0 Å². The van der Waals surface area contributed by atoms with Gasteiger partial charge in [-0.15, -0.1) is 13.2 Å². The largest absolute Gasteiger partial charge is 0.573 e. The molecule has 34 heavy (non-hydrogen) atoms. The number of amides is 2. The number of carbonyl (C=O) groups excluding carboxylic acids is 2. The third-order valence-electron chi connectivity index (χ3n) is 5.40. The molecule has 3 rings (SSSR count). The Labute approximate surface area is 192 Å². The van der Waals surface area contributed by atoms with Crippen LogP contribution in [0.25, 0.3) is 0 Å². The number of carboxylic acids is 1. The van der Waals surface area contributed by atoms with Gasteiger partial charge in [0, 0.05) is 13.0 Å². The van der Waals surface area contributed by atoms with E-state index < -0.39 is 42.2 Å². The monoisotopic (exact) mass is 480 g/mol. The lowest BCUT2D eigenvalue weighted by atomic mass is 10.0. The summed E-state index contributed by atoms with van der Waals surface area (Å²) in [5.41, 5.74) is 1.18. The van der Waals surface area contributed by atoms with Crippen molar-refractivity contribution in [3.8, 4) is 5.75 Å². The first kappa shape index (κ1) is 25.0. The fourth-order valence-corrected chi connectivity index (χ4v) is 3.76. The lowest BCUT2D eigenvalue weighted by Gasteiger charge is -2.28. The van der Waals surface area contributed by atoms with Crippen LogP contribution in [0, 0.1) is 0 Å². The van der Waals surface area contributed by atoms with Crippen molar-refractivity contribution in [2.24, 2.45) is 0 Å². The molecule has 2 amide bonds. The summed E-state index contributed by atoms with van der Waals surface area (Å²) in [5, 5.41) is 21.9. The van der Waals surface area contributed by atoms with Crippen LogP contribution < -0.4 is 10.1 Å². The Morgan fingerprint density at radius 1 is 1.09 bits per heavy atom. The number of likely N-dealkylation sites (tertiary alicyclic amines) is 1. The van der Waals surface area contributed by atoms with Crippen LogP contribution in [0.2, 0.25) is 0 Å². The minimum Gasteiger partial charge on any atom is -0.479 e. The lowest BCUT2D eigenvalue weighted by molar-refractivity contribution is -0.274. The SMILES string of the molecule is O=C(O)C(O)C(Cc1ccccc1)NC(=O)[C@H]1CCC(=O)N1Cc1ccc(OC(F)(F)F)cc1. The summed E-state index contributed by atoms with van der Waals surface area (Å²) in [6.45, 7) is -0.0337. The Balaban J connectivity index is 1.70. The number of hydrogen-bond donors (Lipinski definition) is 3. The van der Waals surface area contributed by atoms with Gasteiger partial charge in [-0.2, -0.15) is 0 Å². The van der Waals surface area contributed by atoms with Crippen molar-refractivity contribution in [2.45, 2.75) is 50.4 Å². The van der Waals surface area contributed by atoms with E-state index in [1.54, 1.807) is 30.3 Å². The number of carboxylic acid groups (broad SMARTS) is 1. The molecule has 2 aromatic carbocycles. The van der Waals surface area contributed by atoms with Gasteiger partial charge in [0.15, 0.2) is 6.10 Å². The molecule has 0 aliphatic carbocycles. The maximum atomic E-state index is 13.0. The fraction of sp³-hybridized carbons (Fsp3) is 0.348. The summed E-state index contributed by atoms with van der Waals surface area (Å²) >= 11 is 0. The van der Waals surface area contributed by atoms with Crippen molar-refractivity contribution in [1.82, 2.24) is 10.2 Å². The maximum Gasteiger partial charge on any atom is 0.573 e. The van der Waals surface area contributed by atoms with Gasteiger partial charge >= 0.3 is 12.3 Å². The molecule has 1 saturated heterocycles. The number of alkyl halides is 3. The number of nitrogens with zero attached hydrogens (tertiary/aromatic N) is 1. The zero-order valence-corrected chi connectivity index (χ0v) is 17.9. The zero-order chi connectivity index (χ0) is 24.9. The first-order valence-electron chi connectivity index (χ1n) is 10.4. The molecule has 2 aromatic rings. The third-order valence-corrected chi connectivity index (χ3v) is 5.40. The second kappa shape index (κ2) is 10.6. The maximum absolute atomic E-state index is 13.0. The highest BCUT2D eigenvalue weighted by Crippen LogP contribution is 2.25. The summed E-state index contributed by atoms with van der Waals surface area (Å²) in [7, 11) is 0.